The fourth-order valence-electron chi connectivity index (χ4n) is 4.71. The van der Waals surface area contributed by atoms with Crippen molar-refractivity contribution in [1.29, 1.82) is 21.0 Å². The average molecular weight is 649 g/mol. The van der Waals surface area contributed by atoms with Crippen molar-refractivity contribution >= 4 is 11.3 Å². The maximum atomic E-state index is 15.3. The standard InChI is InChI=1S/C32H7F4N13/c1-12(28-44-19-6-13(8-37)18(41-2)7-20(19)45-28)29-47-30(49-32(48-29)22-25(35)23(33)16(10-39)24(34)26(22)36)14-4-5-17-27(15(14)9-38)46-31(43-17)21(11-40)42-3/h4-7H,1H3/b28-12-,31-21+. The van der Waals surface area contributed by atoms with Gasteiger partial charge in [0.05, 0.1) is 58.0 Å². The van der Waals surface area contributed by atoms with Crippen molar-refractivity contribution in [3.05, 3.63) is 132 Å². The van der Waals surface area contributed by atoms with Gasteiger partial charge in [-0.25, -0.2) is 67.4 Å². The molecule has 49 heavy (non-hydrogen) atoms. The minimum absolute atomic E-state index is 0.00809. The van der Waals surface area contributed by atoms with E-state index in [9.17, 15) is 24.6 Å². The van der Waals surface area contributed by atoms with E-state index in [1.54, 1.807) is 6.07 Å². The van der Waals surface area contributed by atoms with E-state index in [-0.39, 0.29) is 66.8 Å². The number of allylic oxidation sites excluding steroid dienone is 2. The molecular weight excluding hydrogens is 642 g/mol. The lowest BCUT2D eigenvalue weighted by Crippen LogP contribution is -2.25. The summed E-state index contributed by atoms with van der Waals surface area (Å²) in [7, 11) is 0. The second-order valence-electron chi connectivity index (χ2n) is 9.76. The van der Waals surface area contributed by atoms with Gasteiger partial charge in [0.2, 0.25) is 5.69 Å². The van der Waals surface area contributed by atoms with Gasteiger partial charge in [-0.2, -0.15) is 15.8 Å². The quantitative estimate of drug-likeness (QED) is 0.140. The van der Waals surface area contributed by atoms with Gasteiger partial charge in [0.1, 0.15) is 23.1 Å². The van der Waals surface area contributed by atoms with Crippen LogP contribution in [-0.2, 0) is 0 Å². The van der Waals surface area contributed by atoms with Gasteiger partial charge in [-0.05, 0) is 31.2 Å². The van der Waals surface area contributed by atoms with E-state index in [1.807, 2.05) is 12.1 Å². The van der Waals surface area contributed by atoms with Gasteiger partial charge in [-0.3, -0.25) is 0 Å². The maximum Gasteiger partial charge on any atom is 0.305 e. The Morgan fingerprint density at radius 1 is 0.714 bits per heavy atom. The van der Waals surface area contributed by atoms with Gasteiger partial charge in [0.15, 0.2) is 52.4 Å². The van der Waals surface area contributed by atoms with Crippen molar-refractivity contribution in [2.24, 2.45) is 20.0 Å². The molecule has 228 valence electrons. The molecule has 0 radical (unpaired) electrons. The van der Waals surface area contributed by atoms with Crippen molar-refractivity contribution in [2.75, 3.05) is 0 Å². The van der Waals surface area contributed by atoms with E-state index in [1.165, 1.54) is 31.2 Å². The lowest BCUT2D eigenvalue weighted by molar-refractivity contribution is 0.453. The summed E-state index contributed by atoms with van der Waals surface area (Å²) in [5, 5.41) is 38.2. The molecule has 0 amide bonds. The number of hydrogen-bond donors (Lipinski definition) is 0. The predicted octanol–water partition coefficient (Wildman–Crippen LogP) is 3.43. The first kappa shape index (κ1) is 31.0. The van der Waals surface area contributed by atoms with Gasteiger partial charge in [-0.1, -0.05) is 0 Å². The van der Waals surface area contributed by atoms with Crippen LogP contribution < -0.4 is 21.4 Å². The summed E-state index contributed by atoms with van der Waals surface area (Å²) in [5.41, 5.74) is -3.66. The Kier molecular flexibility index (Phi) is 7.43. The number of aromatic nitrogens is 3. The monoisotopic (exact) mass is 649 g/mol. The summed E-state index contributed by atoms with van der Waals surface area (Å²) in [6.45, 7) is 15.9. The fourth-order valence-corrected chi connectivity index (χ4v) is 4.71. The molecule has 0 saturated carbocycles. The SMILES string of the molecule is [C-]#[N+]/C(C#N)=C1\N=c2ccc(-c3nc(/C(C)=C4/N=c5cc(C#N)c([N+]#[C-])cc5=N4)nc(-c4c(F)c(F)c(C#N)c(F)c4F)n3)c(C#N)c2=N1. The average Bonchev–Trinajstić information content (AvgIpc) is 3.74. The minimum atomic E-state index is -2.00. The normalized spacial score (nSPS) is 14.0. The molecule has 0 N–H and O–H groups in total. The van der Waals surface area contributed by atoms with Crippen molar-refractivity contribution in [3.8, 4) is 47.1 Å². The summed E-state index contributed by atoms with van der Waals surface area (Å²) in [4.78, 5) is 35.7. The molecule has 2 aliphatic heterocycles. The first-order chi connectivity index (χ1) is 23.6. The topological polar surface area (TPSA) is 192 Å². The third-order valence-electron chi connectivity index (χ3n) is 7.07. The zero-order valence-electron chi connectivity index (χ0n) is 24.1. The Morgan fingerprint density at radius 3 is 1.94 bits per heavy atom. The van der Waals surface area contributed by atoms with Crippen LogP contribution in [0.4, 0.5) is 23.2 Å². The van der Waals surface area contributed by atoms with Crippen LogP contribution in [-0.4, -0.2) is 15.0 Å². The Hall–Kier alpha value is -7.99. The van der Waals surface area contributed by atoms with Gasteiger partial charge in [0.25, 0.3) is 0 Å². The van der Waals surface area contributed by atoms with Crippen LogP contribution in [0, 0.1) is 81.7 Å². The third kappa shape index (κ3) is 4.86. The molecule has 6 rings (SSSR count). The van der Waals surface area contributed by atoms with E-state index in [4.69, 9.17) is 18.4 Å². The Balaban J connectivity index is 1.67. The molecule has 3 aromatic carbocycles. The smallest absolute Gasteiger partial charge is 0.238 e. The molecule has 2 aliphatic rings. The highest BCUT2D eigenvalue weighted by Gasteiger charge is 2.30. The molecule has 1 aromatic heterocycles. The molecule has 17 heteroatoms. The second-order valence-corrected chi connectivity index (χ2v) is 9.76. The lowest BCUT2D eigenvalue weighted by atomic mass is 10.1. The van der Waals surface area contributed by atoms with E-state index in [0.717, 1.165) is 6.07 Å². The second kappa shape index (κ2) is 11.7. The van der Waals surface area contributed by atoms with Crippen LogP contribution in [0.5, 0.6) is 0 Å². The number of halogens is 4. The summed E-state index contributed by atoms with van der Waals surface area (Å²) in [6, 6.07) is 11.8. The summed E-state index contributed by atoms with van der Waals surface area (Å²) >= 11 is 0. The third-order valence-corrected chi connectivity index (χ3v) is 7.07. The molecule has 0 atom stereocenters. The molecule has 0 fully saturated rings. The van der Waals surface area contributed by atoms with Crippen molar-refractivity contribution in [2.45, 2.75) is 6.92 Å². The van der Waals surface area contributed by atoms with Crippen LogP contribution >= 0.6 is 0 Å². The molecular formula is C32H7F4N13. The number of nitrogens with zero attached hydrogens (tertiary/aromatic N) is 13. The minimum Gasteiger partial charge on any atom is -0.238 e. The van der Waals surface area contributed by atoms with Crippen molar-refractivity contribution < 1.29 is 17.6 Å². The highest BCUT2D eigenvalue weighted by atomic mass is 19.2. The highest BCUT2D eigenvalue weighted by Crippen LogP contribution is 2.32. The summed E-state index contributed by atoms with van der Waals surface area (Å²) in [6.07, 6.45) is 0. The van der Waals surface area contributed by atoms with Gasteiger partial charge in [0, 0.05) is 11.1 Å². The van der Waals surface area contributed by atoms with Crippen LogP contribution in [0.25, 0.3) is 38.0 Å². The molecule has 0 aliphatic carbocycles. The van der Waals surface area contributed by atoms with E-state index in [0.29, 0.717) is 0 Å². The maximum absolute atomic E-state index is 15.3. The molecule has 4 aromatic rings. The summed E-state index contributed by atoms with van der Waals surface area (Å²) in [5.74, 6) is -10.1. The number of benzene rings is 3. The fraction of sp³-hybridized carbons (Fsp3) is 0.0312. The first-order valence-electron chi connectivity index (χ1n) is 13.2. The van der Waals surface area contributed by atoms with Crippen LogP contribution in [0.3, 0.4) is 0 Å². The Labute approximate surface area is 270 Å². The molecule has 13 nitrogen and oxygen atoms in total. The van der Waals surface area contributed by atoms with E-state index < -0.39 is 51.7 Å². The number of fused-ring (bicyclic) bond motifs is 2. The van der Waals surface area contributed by atoms with Crippen LogP contribution in [0.2, 0.25) is 0 Å². The van der Waals surface area contributed by atoms with Gasteiger partial charge >= 0.3 is 5.70 Å². The molecule has 0 bridgehead atoms. The van der Waals surface area contributed by atoms with Crippen molar-refractivity contribution in [1.82, 2.24) is 15.0 Å². The zero-order valence-corrected chi connectivity index (χ0v) is 24.1. The number of rotatable bonds is 3. The van der Waals surface area contributed by atoms with Gasteiger partial charge < -0.3 is 0 Å². The van der Waals surface area contributed by atoms with E-state index in [2.05, 4.69) is 44.6 Å². The molecule has 0 unspecified atom stereocenters. The number of hydrogen-bond acceptors (Lipinski definition) is 11. The van der Waals surface area contributed by atoms with Gasteiger partial charge in [-0.15, -0.1) is 0 Å². The largest absolute Gasteiger partial charge is 0.305 e. The Bertz CT molecular complexity index is 2750. The molecule has 0 saturated heterocycles. The lowest BCUT2D eigenvalue weighted by Gasteiger charge is -2.12. The molecule has 0 spiro atoms. The van der Waals surface area contributed by atoms with E-state index >= 15 is 8.78 Å². The number of nitriles is 4. The Morgan fingerprint density at radius 2 is 1.35 bits per heavy atom. The summed E-state index contributed by atoms with van der Waals surface area (Å²) < 4.78 is 60.1. The first-order valence-corrected chi connectivity index (χ1v) is 13.2. The van der Waals surface area contributed by atoms with Crippen molar-refractivity contribution in [3.63, 3.8) is 0 Å². The van der Waals surface area contributed by atoms with Crippen LogP contribution in [0.1, 0.15) is 29.4 Å². The van der Waals surface area contributed by atoms with Crippen LogP contribution in [0.15, 0.2) is 61.6 Å². The molecule has 3 heterocycles. The highest BCUT2D eigenvalue weighted by molar-refractivity contribution is 5.71. The zero-order chi connectivity index (χ0) is 35.1. The predicted molar refractivity (Wildman–Crippen MR) is 154 cm³/mol.